The molecule has 11 heteroatoms. The quantitative estimate of drug-likeness (QED) is 0.0970. The number of benzene rings is 5. The van der Waals surface area contributed by atoms with Crippen LogP contribution < -0.4 is 4.74 Å². The van der Waals surface area contributed by atoms with Crippen LogP contribution in [0.4, 0.5) is 0 Å². The van der Waals surface area contributed by atoms with E-state index in [1.165, 1.54) is 0 Å². The maximum atomic E-state index is 11.2. The van der Waals surface area contributed by atoms with E-state index in [1.807, 2.05) is 146 Å². The van der Waals surface area contributed by atoms with E-state index < -0.39 is 55.3 Å². The third kappa shape index (κ3) is 11.6. The van der Waals surface area contributed by atoms with Crippen molar-refractivity contribution in [3.8, 4) is 5.75 Å². The van der Waals surface area contributed by atoms with Crippen LogP contribution in [-0.4, -0.2) is 85.8 Å². The summed E-state index contributed by atoms with van der Waals surface area (Å²) in [5.74, 6) is 0.730. The van der Waals surface area contributed by atoms with Crippen molar-refractivity contribution in [2.75, 3.05) is 20.3 Å². The van der Waals surface area contributed by atoms with Gasteiger partial charge in [-0.2, -0.15) is 0 Å². The molecule has 0 saturated carbocycles. The predicted octanol–water partition coefficient (Wildman–Crippen LogP) is 6.37. The molecule has 2 aliphatic heterocycles. The molecule has 58 heavy (non-hydrogen) atoms. The molecular formula is C47H52O11. The van der Waals surface area contributed by atoms with Gasteiger partial charge in [0.1, 0.15) is 48.5 Å². The number of methoxy groups -OCH3 is 1. The van der Waals surface area contributed by atoms with E-state index in [1.54, 1.807) is 7.11 Å². The second-order valence-corrected chi connectivity index (χ2v) is 14.3. The molecule has 0 aromatic heterocycles. The standard InChI is InChI=1S/C47H52O11/c1-50-38-24-22-37(23-25-38)26-51-39-31-56-46(42(49)41(39)48)57-32-40-43(52-27-33-14-6-2-7-15-33)44(53-28-34-16-8-3-9-17-34)45(54-29-35-18-10-4-11-19-35)47(58-40)55-30-36-20-12-5-13-21-36/h2-25,39-49H,26-32H2,1H3/t39-,40-,41+,42+,43+,44+,45-,46-,47-/m1/s1. The van der Waals surface area contributed by atoms with Crippen LogP contribution in [0.2, 0.25) is 0 Å². The van der Waals surface area contributed by atoms with Crippen LogP contribution in [0.3, 0.4) is 0 Å². The van der Waals surface area contributed by atoms with Gasteiger partial charge in [0.25, 0.3) is 0 Å². The number of hydrogen-bond acceptors (Lipinski definition) is 11. The highest BCUT2D eigenvalue weighted by Crippen LogP contribution is 2.33. The third-order valence-corrected chi connectivity index (χ3v) is 10.2. The number of hydrogen-bond donors (Lipinski definition) is 2. The van der Waals surface area contributed by atoms with Crippen LogP contribution in [0.1, 0.15) is 27.8 Å². The van der Waals surface area contributed by atoms with Crippen LogP contribution in [0.25, 0.3) is 0 Å². The number of aliphatic hydroxyl groups is 2. The first-order chi connectivity index (χ1) is 28.5. The zero-order valence-electron chi connectivity index (χ0n) is 32.6. The Kier molecular flexibility index (Phi) is 15.4. The number of rotatable bonds is 19. The molecule has 2 saturated heterocycles. The fraction of sp³-hybridized carbons (Fsp3) is 0.362. The fourth-order valence-corrected chi connectivity index (χ4v) is 6.94. The largest absolute Gasteiger partial charge is 0.497 e. The van der Waals surface area contributed by atoms with E-state index in [-0.39, 0.29) is 46.2 Å². The molecule has 2 heterocycles. The Morgan fingerprint density at radius 1 is 0.466 bits per heavy atom. The topological polar surface area (TPSA) is 124 Å². The number of aliphatic hydroxyl groups excluding tert-OH is 2. The third-order valence-electron chi connectivity index (χ3n) is 10.2. The van der Waals surface area contributed by atoms with Crippen LogP contribution in [0, 0.1) is 0 Å². The molecule has 2 N–H and O–H groups in total. The normalized spacial score (nSPS) is 25.9. The summed E-state index contributed by atoms with van der Waals surface area (Å²) in [7, 11) is 1.61. The van der Waals surface area contributed by atoms with Gasteiger partial charge in [-0.3, -0.25) is 0 Å². The average Bonchev–Trinajstić information content (AvgIpc) is 3.28. The Labute approximate surface area is 339 Å². The average molecular weight is 793 g/mol. The van der Waals surface area contributed by atoms with Gasteiger partial charge < -0.3 is 52.8 Å². The van der Waals surface area contributed by atoms with E-state index in [9.17, 15) is 10.2 Å². The zero-order chi connectivity index (χ0) is 39.9. The highest BCUT2D eigenvalue weighted by atomic mass is 16.7. The Morgan fingerprint density at radius 3 is 1.43 bits per heavy atom. The van der Waals surface area contributed by atoms with E-state index in [4.69, 9.17) is 42.6 Å². The Hall–Kier alpha value is -4.50. The molecule has 5 aromatic carbocycles. The molecule has 2 aliphatic rings. The van der Waals surface area contributed by atoms with Crippen molar-refractivity contribution < 1.29 is 52.8 Å². The van der Waals surface area contributed by atoms with Crippen molar-refractivity contribution >= 4 is 0 Å². The van der Waals surface area contributed by atoms with Crippen molar-refractivity contribution in [2.45, 2.75) is 88.3 Å². The molecule has 0 spiro atoms. The molecule has 7 rings (SSSR count). The summed E-state index contributed by atoms with van der Waals surface area (Å²) in [6, 6.07) is 46.9. The SMILES string of the molecule is COc1ccc(CO[C@@H]2CO[C@H](OC[C@H]3O[C@@H](OCc4ccccc4)[C@H](OCc4ccccc4)[C@@H](OCc4ccccc4)[C@H]3OCc3ccccc3)[C@@H](O)[C@H]2O)cc1. The number of ether oxygens (including phenoxy) is 9. The summed E-state index contributed by atoms with van der Waals surface area (Å²) < 4.78 is 56.9. The Morgan fingerprint density at radius 2 is 0.914 bits per heavy atom. The molecule has 9 atom stereocenters. The minimum atomic E-state index is -1.40. The van der Waals surface area contributed by atoms with Gasteiger partial charge in [0.15, 0.2) is 12.6 Å². The van der Waals surface area contributed by atoms with E-state index >= 15 is 0 Å². The van der Waals surface area contributed by atoms with Crippen molar-refractivity contribution in [3.63, 3.8) is 0 Å². The molecule has 11 nitrogen and oxygen atoms in total. The van der Waals surface area contributed by atoms with E-state index in [0.717, 1.165) is 33.6 Å². The summed E-state index contributed by atoms with van der Waals surface area (Å²) in [6.07, 6.45) is -8.47. The highest BCUT2D eigenvalue weighted by Gasteiger charge is 2.50. The first kappa shape index (κ1) is 41.7. The van der Waals surface area contributed by atoms with Gasteiger partial charge in [0.05, 0.1) is 53.4 Å². The fourth-order valence-electron chi connectivity index (χ4n) is 6.94. The second-order valence-electron chi connectivity index (χ2n) is 14.3. The second kappa shape index (κ2) is 21.5. The van der Waals surface area contributed by atoms with Gasteiger partial charge >= 0.3 is 0 Å². The maximum Gasteiger partial charge on any atom is 0.187 e. The van der Waals surface area contributed by atoms with E-state index in [0.29, 0.717) is 0 Å². The molecule has 5 aromatic rings. The molecule has 0 bridgehead atoms. The minimum Gasteiger partial charge on any atom is -0.497 e. The first-order valence-corrected chi connectivity index (χ1v) is 19.7. The molecule has 0 amide bonds. The van der Waals surface area contributed by atoms with Gasteiger partial charge in [-0.15, -0.1) is 0 Å². The Bertz CT molecular complexity index is 1880. The molecule has 306 valence electrons. The minimum absolute atomic E-state index is 0.000465. The summed E-state index contributed by atoms with van der Waals surface area (Å²) in [6.45, 7) is 1.18. The summed E-state index contributed by atoms with van der Waals surface area (Å²) in [5.41, 5.74) is 4.76. The maximum absolute atomic E-state index is 11.2. The van der Waals surface area contributed by atoms with Gasteiger partial charge in [-0.25, -0.2) is 0 Å². The lowest BCUT2D eigenvalue weighted by molar-refractivity contribution is -0.341. The van der Waals surface area contributed by atoms with Gasteiger partial charge in [0.2, 0.25) is 0 Å². The van der Waals surface area contributed by atoms with Crippen molar-refractivity contribution in [1.82, 2.24) is 0 Å². The van der Waals surface area contributed by atoms with Crippen LogP contribution in [0.15, 0.2) is 146 Å². The first-order valence-electron chi connectivity index (χ1n) is 19.7. The predicted molar refractivity (Wildman–Crippen MR) is 214 cm³/mol. The smallest absolute Gasteiger partial charge is 0.187 e. The van der Waals surface area contributed by atoms with E-state index in [2.05, 4.69) is 0 Å². The van der Waals surface area contributed by atoms with Crippen LogP contribution >= 0.6 is 0 Å². The summed E-state index contributed by atoms with van der Waals surface area (Å²) in [4.78, 5) is 0. The van der Waals surface area contributed by atoms with Crippen molar-refractivity contribution in [3.05, 3.63) is 173 Å². The monoisotopic (exact) mass is 792 g/mol. The van der Waals surface area contributed by atoms with Crippen LogP contribution in [-0.2, 0) is 70.9 Å². The van der Waals surface area contributed by atoms with Crippen LogP contribution in [0.5, 0.6) is 5.75 Å². The lowest BCUT2D eigenvalue weighted by Crippen LogP contribution is -2.62. The molecule has 0 unspecified atom stereocenters. The van der Waals surface area contributed by atoms with Crippen molar-refractivity contribution in [1.29, 1.82) is 0 Å². The summed E-state index contributed by atoms with van der Waals surface area (Å²) >= 11 is 0. The molecule has 0 radical (unpaired) electrons. The Balaban J connectivity index is 1.11. The van der Waals surface area contributed by atoms with Crippen molar-refractivity contribution in [2.24, 2.45) is 0 Å². The zero-order valence-corrected chi connectivity index (χ0v) is 32.6. The van der Waals surface area contributed by atoms with Gasteiger partial charge in [-0.1, -0.05) is 133 Å². The molecule has 2 fully saturated rings. The van der Waals surface area contributed by atoms with Gasteiger partial charge in [0, 0.05) is 0 Å². The van der Waals surface area contributed by atoms with Gasteiger partial charge in [-0.05, 0) is 39.9 Å². The lowest BCUT2D eigenvalue weighted by atomic mass is 9.97. The molecular weight excluding hydrogens is 741 g/mol. The summed E-state index contributed by atoms with van der Waals surface area (Å²) in [5, 5.41) is 22.4. The highest BCUT2D eigenvalue weighted by molar-refractivity contribution is 5.26. The lowest BCUT2D eigenvalue weighted by Gasteiger charge is -2.46. The molecule has 0 aliphatic carbocycles.